The Morgan fingerprint density at radius 2 is 2.04 bits per heavy atom. The lowest BCUT2D eigenvalue weighted by Gasteiger charge is -2.30. The number of unbranched alkanes of at least 4 members (excludes halogenated alkanes) is 1. The van der Waals surface area contributed by atoms with Gasteiger partial charge in [0.25, 0.3) is 0 Å². The van der Waals surface area contributed by atoms with Crippen molar-refractivity contribution in [1.29, 1.82) is 0 Å². The van der Waals surface area contributed by atoms with E-state index in [0.29, 0.717) is 12.1 Å². The molecule has 136 valence electrons. The highest BCUT2D eigenvalue weighted by Gasteiger charge is 2.32. The van der Waals surface area contributed by atoms with E-state index in [4.69, 9.17) is 4.74 Å². The molecule has 2 unspecified atom stereocenters. The van der Waals surface area contributed by atoms with E-state index in [1.54, 1.807) is 0 Å². The van der Waals surface area contributed by atoms with Crippen molar-refractivity contribution >= 4 is 6.09 Å². The second-order valence-electron chi connectivity index (χ2n) is 8.07. The molecule has 0 aliphatic carbocycles. The number of amides is 1. The van der Waals surface area contributed by atoms with Crippen molar-refractivity contribution < 1.29 is 9.53 Å². The van der Waals surface area contributed by atoms with Crippen molar-refractivity contribution in [2.75, 3.05) is 33.7 Å². The van der Waals surface area contributed by atoms with E-state index in [9.17, 15) is 4.79 Å². The predicted molar refractivity (Wildman–Crippen MR) is 95.8 cm³/mol. The maximum Gasteiger partial charge on any atom is 0.410 e. The summed E-state index contributed by atoms with van der Waals surface area (Å²) < 4.78 is 5.53. The first-order chi connectivity index (χ1) is 10.7. The van der Waals surface area contributed by atoms with Crippen LogP contribution in [0.5, 0.6) is 0 Å². The molecule has 1 rings (SSSR count). The van der Waals surface area contributed by atoms with E-state index in [2.05, 4.69) is 31.2 Å². The van der Waals surface area contributed by atoms with E-state index in [1.165, 1.54) is 12.8 Å². The number of nitrogens with one attached hydrogen (secondary N) is 1. The van der Waals surface area contributed by atoms with Gasteiger partial charge in [-0.1, -0.05) is 0 Å². The van der Waals surface area contributed by atoms with Crippen LogP contribution in [0.1, 0.15) is 59.8 Å². The Labute approximate surface area is 142 Å². The van der Waals surface area contributed by atoms with Crippen LogP contribution in [0.3, 0.4) is 0 Å². The first-order valence-electron chi connectivity index (χ1n) is 9.07. The fourth-order valence-electron chi connectivity index (χ4n) is 3.03. The summed E-state index contributed by atoms with van der Waals surface area (Å²) in [5.41, 5.74) is -0.416. The number of carbonyl (C=O) groups excluding carboxylic acids is 1. The summed E-state index contributed by atoms with van der Waals surface area (Å²) in [6, 6.07) is 0.747. The van der Waals surface area contributed by atoms with Crippen molar-refractivity contribution in [3.8, 4) is 0 Å². The Bertz CT molecular complexity index is 353. The van der Waals surface area contributed by atoms with Crippen LogP contribution in [0.2, 0.25) is 0 Å². The molecule has 5 heteroatoms. The number of rotatable bonds is 8. The lowest BCUT2D eigenvalue weighted by Crippen LogP contribution is -2.42. The molecule has 2 atom stereocenters. The average molecular weight is 328 g/mol. The zero-order valence-corrected chi connectivity index (χ0v) is 16.0. The Morgan fingerprint density at radius 3 is 2.65 bits per heavy atom. The molecule has 0 aromatic rings. The van der Waals surface area contributed by atoms with Gasteiger partial charge in [-0.05, 0) is 87.0 Å². The molecular formula is C18H37N3O2. The number of nitrogens with zero attached hydrogens (tertiary/aromatic N) is 2. The van der Waals surface area contributed by atoms with Gasteiger partial charge in [0.2, 0.25) is 0 Å². The molecule has 5 nitrogen and oxygen atoms in total. The van der Waals surface area contributed by atoms with Crippen LogP contribution in [-0.2, 0) is 4.74 Å². The third-order valence-corrected chi connectivity index (χ3v) is 4.16. The van der Waals surface area contributed by atoms with Crippen molar-refractivity contribution in [2.45, 2.75) is 77.5 Å². The zero-order chi connectivity index (χ0) is 17.5. The Balaban J connectivity index is 2.30. The van der Waals surface area contributed by atoms with E-state index in [-0.39, 0.29) is 6.09 Å². The fourth-order valence-corrected chi connectivity index (χ4v) is 3.03. The standard InChI is InChI=1S/C18H37N3O2/c1-15(19-11-7-8-12-20(5)6)14-16-10-9-13-21(16)17(22)23-18(2,3)4/h15-16,19H,7-14H2,1-6H3. The topological polar surface area (TPSA) is 44.8 Å². The minimum Gasteiger partial charge on any atom is -0.444 e. The number of likely N-dealkylation sites (tertiary alicyclic amines) is 1. The van der Waals surface area contributed by atoms with Crippen LogP contribution in [-0.4, -0.2) is 67.3 Å². The molecule has 1 aliphatic heterocycles. The molecular weight excluding hydrogens is 290 g/mol. The van der Waals surface area contributed by atoms with Gasteiger partial charge in [0.1, 0.15) is 5.60 Å². The molecule has 1 N–H and O–H groups in total. The molecule has 1 saturated heterocycles. The van der Waals surface area contributed by atoms with Crippen molar-refractivity contribution in [3.05, 3.63) is 0 Å². The number of hydrogen-bond donors (Lipinski definition) is 1. The van der Waals surface area contributed by atoms with E-state index in [1.807, 2.05) is 25.7 Å². The number of carbonyl (C=O) groups is 1. The van der Waals surface area contributed by atoms with Crippen molar-refractivity contribution in [2.24, 2.45) is 0 Å². The van der Waals surface area contributed by atoms with Gasteiger partial charge in [0.05, 0.1) is 0 Å². The van der Waals surface area contributed by atoms with Gasteiger partial charge in [0, 0.05) is 18.6 Å². The highest BCUT2D eigenvalue weighted by molar-refractivity contribution is 5.68. The normalized spacial score (nSPS) is 20.1. The smallest absolute Gasteiger partial charge is 0.410 e. The van der Waals surface area contributed by atoms with Gasteiger partial charge in [-0.15, -0.1) is 0 Å². The fraction of sp³-hybridized carbons (Fsp3) is 0.944. The minimum atomic E-state index is -0.416. The summed E-state index contributed by atoms with van der Waals surface area (Å²) in [5.74, 6) is 0. The first-order valence-corrected chi connectivity index (χ1v) is 9.07. The van der Waals surface area contributed by atoms with Gasteiger partial charge in [-0.25, -0.2) is 4.79 Å². The quantitative estimate of drug-likeness (QED) is 0.696. The predicted octanol–water partition coefficient (Wildman–Crippen LogP) is 3.10. The monoisotopic (exact) mass is 327 g/mol. The van der Waals surface area contributed by atoms with Gasteiger partial charge in [0.15, 0.2) is 0 Å². The van der Waals surface area contributed by atoms with E-state index < -0.39 is 5.60 Å². The molecule has 0 radical (unpaired) electrons. The largest absolute Gasteiger partial charge is 0.444 e. The highest BCUT2D eigenvalue weighted by Crippen LogP contribution is 2.24. The molecule has 1 heterocycles. The second-order valence-corrected chi connectivity index (χ2v) is 8.07. The molecule has 0 aromatic heterocycles. The number of hydrogen-bond acceptors (Lipinski definition) is 4. The Kier molecular flexibility index (Phi) is 8.34. The molecule has 0 bridgehead atoms. The van der Waals surface area contributed by atoms with Gasteiger partial charge < -0.3 is 19.9 Å². The molecule has 1 amide bonds. The van der Waals surface area contributed by atoms with Crippen LogP contribution in [0, 0.1) is 0 Å². The SMILES string of the molecule is CC(CC1CCCN1C(=O)OC(C)(C)C)NCCCCN(C)C. The van der Waals surface area contributed by atoms with Crippen LogP contribution >= 0.6 is 0 Å². The van der Waals surface area contributed by atoms with Gasteiger partial charge >= 0.3 is 6.09 Å². The minimum absolute atomic E-state index is 0.154. The Hall–Kier alpha value is -0.810. The van der Waals surface area contributed by atoms with Crippen LogP contribution in [0.4, 0.5) is 4.79 Å². The molecule has 0 aromatic carbocycles. The highest BCUT2D eigenvalue weighted by atomic mass is 16.6. The maximum atomic E-state index is 12.3. The summed E-state index contributed by atoms with van der Waals surface area (Å²) in [5, 5.41) is 3.59. The third kappa shape index (κ3) is 8.56. The van der Waals surface area contributed by atoms with E-state index in [0.717, 1.165) is 38.9 Å². The lowest BCUT2D eigenvalue weighted by atomic mass is 10.1. The average Bonchev–Trinajstić information content (AvgIpc) is 2.84. The second kappa shape index (κ2) is 9.48. The summed E-state index contributed by atoms with van der Waals surface area (Å²) in [6.07, 6.45) is 5.44. The summed E-state index contributed by atoms with van der Waals surface area (Å²) >= 11 is 0. The summed E-state index contributed by atoms with van der Waals surface area (Å²) in [7, 11) is 4.23. The van der Waals surface area contributed by atoms with E-state index >= 15 is 0 Å². The lowest BCUT2D eigenvalue weighted by molar-refractivity contribution is 0.0214. The first kappa shape index (κ1) is 20.2. The maximum absolute atomic E-state index is 12.3. The molecule has 23 heavy (non-hydrogen) atoms. The molecule has 1 fully saturated rings. The molecule has 1 aliphatic rings. The third-order valence-electron chi connectivity index (χ3n) is 4.16. The summed E-state index contributed by atoms with van der Waals surface area (Å²) in [6.45, 7) is 11.0. The summed E-state index contributed by atoms with van der Waals surface area (Å²) in [4.78, 5) is 16.4. The van der Waals surface area contributed by atoms with Gasteiger partial charge in [-0.2, -0.15) is 0 Å². The van der Waals surface area contributed by atoms with Crippen molar-refractivity contribution in [1.82, 2.24) is 15.1 Å². The van der Waals surface area contributed by atoms with Crippen molar-refractivity contribution in [3.63, 3.8) is 0 Å². The Morgan fingerprint density at radius 1 is 1.35 bits per heavy atom. The molecule has 0 saturated carbocycles. The number of ether oxygens (including phenoxy) is 1. The molecule has 0 spiro atoms. The van der Waals surface area contributed by atoms with Gasteiger partial charge in [-0.3, -0.25) is 0 Å². The van der Waals surface area contributed by atoms with Crippen LogP contribution in [0.15, 0.2) is 0 Å². The van der Waals surface area contributed by atoms with Crippen LogP contribution < -0.4 is 5.32 Å². The zero-order valence-electron chi connectivity index (χ0n) is 16.0. The van der Waals surface area contributed by atoms with Crippen LogP contribution in [0.25, 0.3) is 0 Å².